The van der Waals surface area contributed by atoms with E-state index in [4.69, 9.17) is 10.5 Å². The van der Waals surface area contributed by atoms with Gasteiger partial charge in [0, 0.05) is 17.7 Å². The van der Waals surface area contributed by atoms with Gasteiger partial charge >= 0.3 is 0 Å². The van der Waals surface area contributed by atoms with Gasteiger partial charge in [-0.1, -0.05) is 19.4 Å². The summed E-state index contributed by atoms with van der Waals surface area (Å²) in [7, 11) is 0. The molecule has 0 aliphatic heterocycles. The summed E-state index contributed by atoms with van der Waals surface area (Å²) in [5.41, 5.74) is 6.62. The maximum atomic E-state index is 13.0. The number of rotatable bonds is 5. The molecule has 1 rings (SSSR count). The monoisotopic (exact) mass is 211 g/mol. The van der Waals surface area contributed by atoms with Crippen LogP contribution in [0.3, 0.4) is 0 Å². The van der Waals surface area contributed by atoms with Crippen molar-refractivity contribution in [2.45, 2.75) is 32.7 Å². The molecule has 0 saturated heterocycles. The Hall–Kier alpha value is -1.09. The molecule has 0 radical (unpaired) electrons. The van der Waals surface area contributed by atoms with Crippen LogP contribution in [0.5, 0.6) is 5.75 Å². The zero-order valence-electron chi connectivity index (χ0n) is 9.29. The zero-order valence-corrected chi connectivity index (χ0v) is 9.29. The molecule has 15 heavy (non-hydrogen) atoms. The third-order valence-corrected chi connectivity index (χ3v) is 2.22. The number of benzene rings is 1. The molecule has 0 fully saturated rings. The Morgan fingerprint density at radius 3 is 2.80 bits per heavy atom. The molecule has 0 aliphatic rings. The highest BCUT2D eigenvalue weighted by molar-refractivity contribution is 5.36. The Balaban J connectivity index is 2.77. The second kappa shape index (κ2) is 5.71. The Labute approximate surface area is 90.2 Å². The lowest BCUT2D eigenvalue weighted by atomic mass is 10.1. The van der Waals surface area contributed by atoms with Crippen molar-refractivity contribution >= 4 is 0 Å². The second-order valence-electron chi connectivity index (χ2n) is 3.67. The second-order valence-corrected chi connectivity index (χ2v) is 3.67. The lowest BCUT2D eigenvalue weighted by Crippen LogP contribution is -2.09. The lowest BCUT2D eigenvalue weighted by molar-refractivity contribution is 0.303. The van der Waals surface area contributed by atoms with Crippen LogP contribution < -0.4 is 10.5 Å². The number of ether oxygens (including phenoxy) is 1. The van der Waals surface area contributed by atoms with Crippen LogP contribution in [0, 0.1) is 5.82 Å². The third-order valence-electron chi connectivity index (χ3n) is 2.22. The normalized spacial score (nSPS) is 12.5. The molecule has 0 bridgehead atoms. The van der Waals surface area contributed by atoms with E-state index in [0.29, 0.717) is 12.4 Å². The highest BCUT2D eigenvalue weighted by Gasteiger charge is 2.08. The molecule has 0 amide bonds. The van der Waals surface area contributed by atoms with Crippen LogP contribution >= 0.6 is 0 Å². The number of hydrogen-bond donors (Lipinski definition) is 1. The average molecular weight is 211 g/mol. The van der Waals surface area contributed by atoms with E-state index in [1.165, 1.54) is 12.1 Å². The highest BCUT2D eigenvalue weighted by Crippen LogP contribution is 2.24. The minimum Gasteiger partial charge on any atom is -0.493 e. The van der Waals surface area contributed by atoms with Crippen molar-refractivity contribution in [2.75, 3.05) is 6.61 Å². The Kier molecular flexibility index (Phi) is 4.56. The van der Waals surface area contributed by atoms with Crippen molar-refractivity contribution < 1.29 is 9.13 Å². The molecule has 0 heterocycles. The van der Waals surface area contributed by atoms with Gasteiger partial charge in [0.2, 0.25) is 0 Å². The fourth-order valence-electron chi connectivity index (χ4n) is 1.34. The van der Waals surface area contributed by atoms with Gasteiger partial charge in [0.25, 0.3) is 0 Å². The van der Waals surface area contributed by atoms with Gasteiger partial charge in [-0.05, 0) is 19.4 Å². The third kappa shape index (κ3) is 3.51. The smallest absolute Gasteiger partial charge is 0.126 e. The number of unbranched alkanes of at least 4 members (excludes halogenated alkanes) is 1. The molecular formula is C12H18FNO. The Morgan fingerprint density at radius 1 is 1.47 bits per heavy atom. The molecule has 1 aromatic carbocycles. The Bertz CT molecular complexity index is 312. The van der Waals surface area contributed by atoms with Gasteiger partial charge < -0.3 is 10.5 Å². The van der Waals surface area contributed by atoms with Crippen LogP contribution in [0.1, 0.15) is 38.3 Å². The van der Waals surface area contributed by atoms with E-state index < -0.39 is 0 Å². The molecule has 84 valence electrons. The molecule has 1 atom stereocenters. The molecule has 0 aliphatic carbocycles. The molecule has 0 saturated carbocycles. The van der Waals surface area contributed by atoms with Crippen LogP contribution in [0.25, 0.3) is 0 Å². The highest BCUT2D eigenvalue weighted by atomic mass is 19.1. The summed E-state index contributed by atoms with van der Waals surface area (Å²) >= 11 is 0. The van der Waals surface area contributed by atoms with Gasteiger partial charge in [-0.15, -0.1) is 0 Å². The summed E-state index contributed by atoms with van der Waals surface area (Å²) in [6, 6.07) is 4.35. The molecule has 0 aromatic heterocycles. The van der Waals surface area contributed by atoms with Crippen molar-refractivity contribution in [1.29, 1.82) is 0 Å². The van der Waals surface area contributed by atoms with Crippen LogP contribution in [-0.2, 0) is 0 Å². The van der Waals surface area contributed by atoms with Gasteiger partial charge in [-0.2, -0.15) is 0 Å². The molecule has 2 nitrogen and oxygen atoms in total. The first kappa shape index (κ1) is 12.0. The lowest BCUT2D eigenvalue weighted by Gasteiger charge is -2.13. The molecule has 0 spiro atoms. The summed E-state index contributed by atoms with van der Waals surface area (Å²) in [5, 5.41) is 0. The molecular weight excluding hydrogens is 193 g/mol. The van der Waals surface area contributed by atoms with E-state index >= 15 is 0 Å². The predicted octanol–water partition coefficient (Wildman–Crippen LogP) is 3.02. The van der Waals surface area contributed by atoms with Crippen molar-refractivity contribution in [3.8, 4) is 5.75 Å². The SMILES string of the molecule is CCCCOc1cc(F)ccc1C(C)N. The van der Waals surface area contributed by atoms with Crippen LogP contribution in [0.2, 0.25) is 0 Å². The van der Waals surface area contributed by atoms with E-state index in [1.54, 1.807) is 6.07 Å². The number of nitrogens with two attached hydrogens (primary N) is 1. The van der Waals surface area contributed by atoms with Gasteiger partial charge in [0.05, 0.1) is 6.61 Å². The largest absolute Gasteiger partial charge is 0.493 e. The fourth-order valence-corrected chi connectivity index (χ4v) is 1.34. The maximum Gasteiger partial charge on any atom is 0.126 e. The zero-order chi connectivity index (χ0) is 11.3. The summed E-state index contributed by atoms with van der Waals surface area (Å²) in [6.07, 6.45) is 2.03. The van der Waals surface area contributed by atoms with Crippen LogP contribution in [0.15, 0.2) is 18.2 Å². The average Bonchev–Trinajstić information content (AvgIpc) is 2.18. The van der Waals surface area contributed by atoms with Crippen molar-refractivity contribution in [3.63, 3.8) is 0 Å². The molecule has 3 heteroatoms. The number of hydrogen-bond acceptors (Lipinski definition) is 2. The van der Waals surface area contributed by atoms with Gasteiger partial charge in [0.1, 0.15) is 11.6 Å². The topological polar surface area (TPSA) is 35.2 Å². The summed E-state index contributed by atoms with van der Waals surface area (Å²) < 4.78 is 18.5. The van der Waals surface area contributed by atoms with E-state index in [2.05, 4.69) is 6.92 Å². The predicted molar refractivity (Wildman–Crippen MR) is 59.4 cm³/mol. The van der Waals surface area contributed by atoms with Crippen molar-refractivity contribution in [3.05, 3.63) is 29.6 Å². The molecule has 1 aromatic rings. The van der Waals surface area contributed by atoms with Gasteiger partial charge in [-0.25, -0.2) is 4.39 Å². The van der Waals surface area contributed by atoms with E-state index in [9.17, 15) is 4.39 Å². The Morgan fingerprint density at radius 2 is 2.20 bits per heavy atom. The first-order valence-corrected chi connectivity index (χ1v) is 5.33. The van der Waals surface area contributed by atoms with Crippen molar-refractivity contribution in [2.24, 2.45) is 5.73 Å². The van der Waals surface area contributed by atoms with Crippen LogP contribution in [0.4, 0.5) is 4.39 Å². The first-order chi connectivity index (χ1) is 7.15. The summed E-state index contributed by atoms with van der Waals surface area (Å²) in [6.45, 7) is 4.56. The summed E-state index contributed by atoms with van der Waals surface area (Å²) in [4.78, 5) is 0. The van der Waals surface area contributed by atoms with E-state index in [0.717, 1.165) is 18.4 Å². The maximum absolute atomic E-state index is 13.0. The quantitative estimate of drug-likeness (QED) is 0.760. The van der Waals surface area contributed by atoms with Gasteiger partial charge in [-0.3, -0.25) is 0 Å². The van der Waals surface area contributed by atoms with Crippen LogP contribution in [-0.4, -0.2) is 6.61 Å². The minimum atomic E-state index is -0.286. The first-order valence-electron chi connectivity index (χ1n) is 5.33. The minimum absolute atomic E-state index is 0.137. The fraction of sp³-hybridized carbons (Fsp3) is 0.500. The standard InChI is InChI=1S/C12H18FNO/c1-3-4-7-15-12-8-10(13)5-6-11(12)9(2)14/h5-6,8-9H,3-4,7,14H2,1-2H3. The van der Waals surface area contributed by atoms with E-state index in [-0.39, 0.29) is 11.9 Å². The van der Waals surface area contributed by atoms with Gasteiger partial charge in [0.15, 0.2) is 0 Å². The molecule has 2 N–H and O–H groups in total. The van der Waals surface area contributed by atoms with E-state index in [1.807, 2.05) is 6.92 Å². The summed E-state index contributed by atoms with van der Waals surface area (Å²) in [5.74, 6) is 0.282. The molecule has 1 unspecified atom stereocenters. The van der Waals surface area contributed by atoms with Crippen molar-refractivity contribution in [1.82, 2.24) is 0 Å². The number of halogens is 1.